The zero-order valence-electron chi connectivity index (χ0n) is 13.8. The summed E-state index contributed by atoms with van der Waals surface area (Å²) in [6.45, 7) is 7.58. The minimum atomic E-state index is -0.539. The van der Waals surface area contributed by atoms with Crippen molar-refractivity contribution in [1.82, 2.24) is 4.57 Å². The van der Waals surface area contributed by atoms with Crippen LogP contribution in [0.3, 0.4) is 0 Å². The summed E-state index contributed by atoms with van der Waals surface area (Å²) in [7, 11) is 0. The second kappa shape index (κ2) is 6.69. The highest BCUT2D eigenvalue weighted by Crippen LogP contribution is 2.21. The smallest absolute Gasteiger partial charge is 0.418 e. The third-order valence-electron chi connectivity index (χ3n) is 3.03. The van der Waals surface area contributed by atoms with Crippen molar-refractivity contribution in [1.29, 1.82) is 0 Å². The van der Waals surface area contributed by atoms with Gasteiger partial charge in [-0.15, -0.1) is 0 Å². The monoisotopic (exact) mass is 315 g/mol. The molecule has 5 nitrogen and oxygen atoms in total. The topological polar surface area (TPSA) is 57.5 Å². The quantitative estimate of drug-likeness (QED) is 0.800. The molecular weight excluding hydrogens is 294 g/mol. The van der Waals surface area contributed by atoms with Crippen LogP contribution in [0.15, 0.2) is 42.7 Å². The second-order valence-corrected chi connectivity index (χ2v) is 6.09. The van der Waals surface area contributed by atoms with Crippen LogP contribution in [0.1, 0.15) is 38.1 Å². The molecule has 0 aliphatic heterocycles. The average molecular weight is 315 g/mol. The van der Waals surface area contributed by atoms with Gasteiger partial charge in [0.15, 0.2) is 0 Å². The van der Waals surface area contributed by atoms with E-state index in [0.717, 1.165) is 11.1 Å². The molecule has 0 unspecified atom stereocenters. The van der Waals surface area contributed by atoms with Gasteiger partial charge in [0.25, 0.3) is 0 Å². The van der Waals surface area contributed by atoms with Crippen molar-refractivity contribution in [3.8, 4) is 11.1 Å². The lowest BCUT2D eigenvalue weighted by Gasteiger charge is -2.19. The van der Waals surface area contributed by atoms with Crippen LogP contribution >= 0.6 is 0 Å². The van der Waals surface area contributed by atoms with E-state index in [1.807, 2.05) is 39.0 Å². The molecule has 0 saturated heterocycles. The molecule has 0 aliphatic carbocycles. The lowest BCUT2D eigenvalue weighted by molar-refractivity contribution is 0.0520. The molecule has 0 radical (unpaired) electrons. The SMILES string of the molecule is CCOC(=O)c1ccc(-c2ccn(C(=O)OC(C)(C)C)c2)cc1. The van der Waals surface area contributed by atoms with Gasteiger partial charge in [0.2, 0.25) is 0 Å². The summed E-state index contributed by atoms with van der Waals surface area (Å²) >= 11 is 0. The van der Waals surface area contributed by atoms with Crippen LogP contribution in [0.5, 0.6) is 0 Å². The zero-order valence-corrected chi connectivity index (χ0v) is 13.8. The Balaban J connectivity index is 2.14. The van der Waals surface area contributed by atoms with Gasteiger partial charge in [-0.3, -0.25) is 4.57 Å². The molecule has 5 heteroatoms. The molecule has 1 aromatic carbocycles. The third-order valence-corrected chi connectivity index (χ3v) is 3.03. The van der Waals surface area contributed by atoms with Gasteiger partial charge in [-0.25, -0.2) is 9.59 Å². The molecule has 2 aromatic rings. The first-order valence-electron chi connectivity index (χ1n) is 7.49. The maximum Gasteiger partial charge on any atom is 0.418 e. The Bertz CT molecular complexity index is 693. The van der Waals surface area contributed by atoms with Crippen molar-refractivity contribution in [2.24, 2.45) is 0 Å². The molecule has 0 saturated carbocycles. The van der Waals surface area contributed by atoms with E-state index in [-0.39, 0.29) is 5.97 Å². The number of carbonyl (C=O) groups is 2. The van der Waals surface area contributed by atoms with Gasteiger partial charge in [-0.1, -0.05) is 12.1 Å². The van der Waals surface area contributed by atoms with Crippen LogP contribution in [-0.2, 0) is 9.47 Å². The Hall–Kier alpha value is -2.56. The molecule has 1 aromatic heterocycles. The summed E-state index contributed by atoms with van der Waals surface area (Å²) in [5, 5.41) is 0. The zero-order chi connectivity index (χ0) is 17.0. The molecule has 0 bridgehead atoms. The normalized spacial score (nSPS) is 11.1. The molecule has 0 fully saturated rings. The Morgan fingerprint density at radius 1 is 1.04 bits per heavy atom. The second-order valence-electron chi connectivity index (χ2n) is 6.09. The summed E-state index contributed by atoms with van der Waals surface area (Å²) in [4.78, 5) is 23.6. The Kier molecular flexibility index (Phi) is 4.89. The van der Waals surface area contributed by atoms with Crippen molar-refractivity contribution < 1.29 is 19.1 Å². The molecule has 122 valence electrons. The Morgan fingerprint density at radius 3 is 2.26 bits per heavy atom. The lowest BCUT2D eigenvalue weighted by atomic mass is 10.1. The minimum Gasteiger partial charge on any atom is -0.462 e. The number of rotatable bonds is 3. The first kappa shape index (κ1) is 16.8. The van der Waals surface area contributed by atoms with E-state index < -0.39 is 11.7 Å². The lowest BCUT2D eigenvalue weighted by Crippen LogP contribution is -2.26. The van der Waals surface area contributed by atoms with E-state index in [4.69, 9.17) is 9.47 Å². The fourth-order valence-corrected chi connectivity index (χ4v) is 2.01. The fraction of sp³-hybridized carbons (Fsp3) is 0.333. The van der Waals surface area contributed by atoms with Gasteiger partial charge < -0.3 is 9.47 Å². The predicted molar refractivity (Wildman–Crippen MR) is 87.5 cm³/mol. The number of hydrogen-bond donors (Lipinski definition) is 0. The molecule has 0 amide bonds. The molecule has 23 heavy (non-hydrogen) atoms. The fourth-order valence-electron chi connectivity index (χ4n) is 2.01. The van der Waals surface area contributed by atoms with Crippen molar-refractivity contribution in [3.63, 3.8) is 0 Å². The first-order valence-corrected chi connectivity index (χ1v) is 7.49. The summed E-state index contributed by atoms with van der Waals surface area (Å²) in [6.07, 6.45) is 2.93. The van der Waals surface area contributed by atoms with Gasteiger partial charge in [0.1, 0.15) is 5.60 Å². The maximum atomic E-state index is 12.0. The highest BCUT2D eigenvalue weighted by atomic mass is 16.6. The Morgan fingerprint density at radius 2 is 1.70 bits per heavy atom. The maximum absolute atomic E-state index is 12.0. The Labute approximate surface area is 135 Å². The van der Waals surface area contributed by atoms with Crippen molar-refractivity contribution >= 4 is 12.1 Å². The standard InChI is InChI=1S/C18H21NO4/c1-5-22-16(20)14-8-6-13(7-9-14)15-10-11-19(12-15)17(21)23-18(2,3)4/h6-12H,5H2,1-4H3. The van der Waals surface area contributed by atoms with Crippen molar-refractivity contribution in [2.45, 2.75) is 33.3 Å². The van der Waals surface area contributed by atoms with Crippen LogP contribution in [0.25, 0.3) is 11.1 Å². The van der Waals surface area contributed by atoms with E-state index in [9.17, 15) is 9.59 Å². The van der Waals surface area contributed by atoms with Crippen molar-refractivity contribution in [2.75, 3.05) is 6.61 Å². The highest BCUT2D eigenvalue weighted by molar-refractivity contribution is 5.90. The van der Waals surface area contributed by atoms with Gasteiger partial charge >= 0.3 is 12.1 Å². The van der Waals surface area contributed by atoms with E-state index in [1.54, 1.807) is 31.5 Å². The molecule has 1 heterocycles. The van der Waals surface area contributed by atoms with Crippen LogP contribution in [0.4, 0.5) is 4.79 Å². The van der Waals surface area contributed by atoms with E-state index in [1.165, 1.54) is 4.57 Å². The molecule has 0 atom stereocenters. The molecule has 0 spiro atoms. The largest absolute Gasteiger partial charge is 0.462 e. The van der Waals surface area contributed by atoms with Crippen LogP contribution in [0.2, 0.25) is 0 Å². The van der Waals surface area contributed by atoms with Crippen LogP contribution < -0.4 is 0 Å². The summed E-state index contributed by atoms with van der Waals surface area (Å²) in [5.74, 6) is -0.342. The third kappa shape index (κ3) is 4.45. The van der Waals surface area contributed by atoms with Crippen molar-refractivity contribution in [3.05, 3.63) is 48.3 Å². The highest BCUT2D eigenvalue weighted by Gasteiger charge is 2.17. The average Bonchev–Trinajstić information content (AvgIpc) is 2.96. The summed E-state index contributed by atoms with van der Waals surface area (Å²) in [6, 6.07) is 8.88. The van der Waals surface area contributed by atoms with E-state index in [0.29, 0.717) is 12.2 Å². The van der Waals surface area contributed by atoms with Crippen LogP contribution in [0, 0.1) is 0 Å². The molecule has 2 rings (SSSR count). The van der Waals surface area contributed by atoms with E-state index >= 15 is 0 Å². The van der Waals surface area contributed by atoms with Crippen LogP contribution in [-0.4, -0.2) is 28.8 Å². The van der Waals surface area contributed by atoms with E-state index in [2.05, 4.69) is 0 Å². The minimum absolute atomic E-state index is 0.342. The number of ether oxygens (including phenoxy) is 2. The van der Waals surface area contributed by atoms with Gasteiger partial charge in [0.05, 0.1) is 12.2 Å². The summed E-state index contributed by atoms with van der Waals surface area (Å²) in [5.41, 5.74) is 1.73. The van der Waals surface area contributed by atoms with Gasteiger partial charge in [-0.2, -0.15) is 0 Å². The number of esters is 1. The molecule has 0 aliphatic rings. The predicted octanol–water partition coefficient (Wildman–Crippen LogP) is 4.12. The number of benzene rings is 1. The molecule has 0 N–H and O–H groups in total. The number of carbonyl (C=O) groups excluding carboxylic acids is 2. The summed E-state index contributed by atoms with van der Waals surface area (Å²) < 4.78 is 11.7. The number of nitrogens with zero attached hydrogens (tertiary/aromatic N) is 1. The number of hydrogen-bond acceptors (Lipinski definition) is 4. The first-order chi connectivity index (χ1) is 10.8. The van der Waals surface area contributed by atoms with Gasteiger partial charge in [0, 0.05) is 12.4 Å². The van der Waals surface area contributed by atoms with Gasteiger partial charge in [-0.05, 0) is 57.0 Å². The number of aromatic nitrogens is 1. The molecular formula is C18H21NO4.